The molecule has 0 bridgehead atoms. The lowest BCUT2D eigenvalue weighted by atomic mass is 9.90. The topological polar surface area (TPSA) is 66.6 Å². The summed E-state index contributed by atoms with van der Waals surface area (Å²) in [5.74, 6) is -0.116. The van der Waals surface area contributed by atoms with Gasteiger partial charge in [-0.3, -0.25) is 4.79 Å². The number of carbonyl (C=O) groups is 1. The maximum atomic E-state index is 12.0. The van der Waals surface area contributed by atoms with Crippen LogP contribution >= 0.6 is 0 Å². The van der Waals surface area contributed by atoms with Crippen molar-refractivity contribution in [2.75, 3.05) is 13.1 Å². The Kier molecular flexibility index (Phi) is 3.17. The normalized spacial score (nSPS) is 19.6. The number of amides is 1. The van der Waals surface area contributed by atoms with E-state index in [0.717, 1.165) is 5.56 Å². The van der Waals surface area contributed by atoms with Gasteiger partial charge in [-0.2, -0.15) is 0 Å². The van der Waals surface area contributed by atoms with Crippen molar-refractivity contribution >= 4 is 5.91 Å². The fourth-order valence-electron chi connectivity index (χ4n) is 2.04. The Morgan fingerprint density at radius 2 is 2.06 bits per heavy atom. The molecule has 1 atom stereocenters. The van der Waals surface area contributed by atoms with E-state index < -0.39 is 11.6 Å². The minimum Gasteiger partial charge on any atom is -0.386 e. The van der Waals surface area contributed by atoms with E-state index >= 15 is 0 Å². The summed E-state index contributed by atoms with van der Waals surface area (Å²) in [5, 5.41) is 9.86. The van der Waals surface area contributed by atoms with Crippen LogP contribution in [-0.2, 0) is 4.79 Å². The predicted octanol–water partition coefficient (Wildman–Crippen LogP) is 0.670. The number of nitrogens with two attached hydrogens (primary N) is 1. The van der Waals surface area contributed by atoms with E-state index in [1.165, 1.54) is 0 Å². The molecule has 92 valence electrons. The molecule has 1 aromatic carbocycles. The first-order valence-corrected chi connectivity index (χ1v) is 5.87. The van der Waals surface area contributed by atoms with Gasteiger partial charge in [0.05, 0.1) is 18.7 Å². The van der Waals surface area contributed by atoms with Gasteiger partial charge in [-0.1, -0.05) is 37.3 Å². The number of likely N-dealkylation sites (tertiary alicyclic amines) is 1. The first kappa shape index (κ1) is 12.1. The Balaban J connectivity index is 1.99. The van der Waals surface area contributed by atoms with Crippen LogP contribution in [0.4, 0.5) is 0 Å². The molecule has 1 unspecified atom stereocenters. The van der Waals surface area contributed by atoms with Crippen LogP contribution in [0.2, 0.25) is 0 Å². The highest BCUT2D eigenvalue weighted by Gasteiger charge is 2.43. The second-order valence-corrected chi connectivity index (χ2v) is 4.66. The molecule has 0 spiro atoms. The van der Waals surface area contributed by atoms with Crippen LogP contribution in [0.3, 0.4) is 0 Å². The second kappa shape index (κ2) is 4.47. The van der Waals surface area contributed by atoms with Crippen LogP contribution in [-0.4, -0.2) is 34.6 Å². The van der Waals surface area contributed by atoms with Crippen LogP contribution in [0.15, 0.2) is 30.3 Å². The van der Waals surface area contributed by atoms with E-state index in [1.54, 1.807) is 4.90 Å². The molecule has 0 saturated carbocycles. The summed E-state index contributed by atoms with van der Waals surface area (Å²) in [7, 11) is 0. The molecule has 1 aromatic rings. The van der Waals surface area contributed by atoms with Gasteiger partial charge in [0.1, 0.15) is 6.04 Å². The Bertz CT molecular complexity index is 399. The van der Waals surface area contributed by atoms with Crippen LogP contribution in [0.1, 0.15) is 24.9 Å². The largest absolute Gasteiger partial charge is 0.386 e. The molecular weight excluding hydrogens is 216 g/mol. The molecule has 1 amide bonds. The van der Waals surface area contributed by atoms with E-state index in [-0.39, 0.29) is 5.91 Å². The quantitative estimate of drug-likeness (QED) is 0.807. The molecule has 1 saturated heterocycles. The number of benzene rings is 1. The highest BCUT2D eigenvalue weighted by molar-refractivity contribution is 5.84. The van der Waals surface area contributed by atoms with Crippen LogP contribution < -0.4 is 5.73 Å². The van der Waals surface area contributed by atoms with Gasteiger partial charge in [0, 0.05) is 0 Å². The molecule has 1 fully saturated rings. The van der Waals surface area contributed by atoms with Gasteiger partial charge in [-0.05, 0) is 12.0 Å². The Hall–Kier alpha value is -1.39. The van der Waals surface area contributed by atoms with Crippen molar-refractivity contribution in [1.29, 1.82) is 0 Å². The lowest BCUT2D eigenvalue weighted by Crippen LogP contribution is -2.64. The van der Waals surface area contributed by atoms with E-state index in [4.69, 9.17) is 5.73 Å². The number of aliphatic hydroxyl groups is 1. The zero-order valence-corrected chi connectivity index (χ0v) is 9.97. The number of carbonyl (C=O) groups excluding carboxylic acids is 1. The van der Waals surface area contributed by atoms with Crippen molar-refractivity contribution in [1.82, 2.24) is 4.90 Å². The summed E-state index contributed by atoms with van der Waals surface area (Å²) in [4.78, 5) is 13.6. The van der Waals surface area contributed by atoms with E-state index in [0.29, 0.717) is 19.5 Å². The van der Waals surface area contributed by atoms with Crippen molar-refractivity contribution in [3.05, 3.63) is 35.9 Å². The number of hydrogen-bond acceptors (Lipinski definition) is 3. The third kappa shape index (κ3) is 2.33. The number of hydrogen-bond donors (Lipinski definition) is 2. The summed E-state index contributed by atoms with van der Waals surface area (Å²) in [5.41, 5.74) is 6.01. The Morgan fingerprint density at radius 3 is 2.59 bits per heavy atom. The van der Waals surface area contributed by atoms with Gasteiger partial charge < -0.3 is 15.7 Å². The maximum absolute atomic E-state index is 12.0. The van der Waals surface area contributed by atoms with Crippen molar-refractivity contribution in [2.24, 2.45) is 5.73 Å². The number of rotatable bonds is 3. The van der Waals surface area contributed by atoms with Crippen molar-refractivity contribution in [3.8, 4) is 0 Å². The molecule has 4 nitrogen and oxygen atoms in total. The summed E-state index contributed by atoms with van der Waals surface area (Å²) in [6.07, 6.45) is 0.664. The van der Waals surface area contributed by atoms with E-state index in [9.17, 15) is 9.90 Å². The third-order valence-corrected chi connectivity index (χ3v) is 3.36. The smallest absolute Gasteiger partial charge is 0.244 e. The molecular formula is C13H18N2O2. The highest BCUT2D eigenvalue weighted by Crippen LogP contribution is 2.26. The Labute approximate surface area is 101 Å². The second-order valence-electron chi connectivity index (χ2n) is 4.66. The van der Waals surface area contributed by atoms with Gasteiger partial charge in [0.2, 0.25) is 5.91 Å². The zero-order chi connectivity index (χ0) is 12.5. The van der Waals surface area contributed by atoms with Gasteiger partial charge in [0.25, 0.3) is 0 Å². The van der Waals surface area contributed by atoms with E-state index in [1.807, 2.05) is 37.3 Å². The van der Waals surface area contributed by atoms with Gasteiger partial charge in [-0.15, -0.1) is 0 Å². The predicted molar refractivity (Wildman–Crippen MR) is 65.2 cm³/mol. The summed E-state index contributed by atoms with van der Waals surface area (Å²) >= 11 is 0. The molecule has 1 heterocycles. The van der Waals surface area contributed by atoms with Crippen molar-refractivity contribution < 1.29 is 9.90 Å². The monoisotopic (exact) mass is 234 g/mol. The molecule has 1 aliphatic heterocycles. The molecule has 0 aliphatic carbocycles. The fourth-order valence-corrected chi connectivity index (χ4v) is 2.04. The SMILES string of the molecule is CCC1(O)CN(C(=O)C(N)c2ccccc2)C1. The molecule has 1 aliphatic rings. The lowest BCUT2D eigenvalue weighted by molar-refractivity contribution is -0.157. The van der Waals surface area contributed by atoms with Crippen LogP contribution in [0, 0.1) is 0 Å². The van der Waals surface area contributed by atoms with Crippen molar-refractivity contribution in [3.63, 3.8) is 0 Å². The minimum absolute atomic E-state index is 0.116. The minimum atomic E-state index is -0.702. The zero-order valence-electron chi connectivity index (χ0n) is 9.97. The Morgan fingerprint density at radius 1 is 1.47 bits per heavy atom. The van der Waals surface area contributed by atoms with Gasteiger partial charge in [-0.25, -0.2) is 0 Å². The molecule has 4 heteroatoms. The molecule has 0 aromatic heterocycles. The number of nitrogens with zero attached hydrogens (tertiary/aromatic N) is 1. The van der Waals surface area contributed by atoms with Gasteiger partial charge >= 0.3 is 0 Å². The average molecular weight is 234 g/mol. The van der Waals surface area contributed by atoms with Crippen LogP contribution in [0.5, 0.6) is 0 Å². The summed E-state index contributed by atoms with van der Waals surface area (Å²) in [6.45, 7) is 2.70. The summed E-state index contributed by atoms with van der Waals surface area (Å²) in [6, 6.07) is 8.67. The molecule has 3 N–H and O–H groups in total. The standard InChI is InChI=1S/C13H18N2O2/c1-2-13(17)8-15(9-13)12(16)11(14)10-6-4-3-5-7-10/h3-7,11,17H,2,8-9,14H2,1H3. The fraction of sp³-hybridized carbons (Fsp3) is 0.462. The third-order valence-electron chi connectivity index (χ3n) is 3.36. The lowest BCUT2D eigenvalue weighted by Gasteiger charge is -2.46. The number of β-amino-alcohol motifs (C(OH)–C–C–N with tert-alkyl or cyclic N) is 1. The molecule has 0 radical (unpaired) electrons. The van der Waals surface area contributed by atoms with Gasteiger partial charge in [0.15, 0.2) is 0 Å². The van der Waals surface area contributed by atoms with Crippen molar-refractivity contribution in [2.45, 2.75) is 25.0 Å². The van der Waals surface area contributed by atoms with E-state index in [2.05, 4.69) is 0 Å². The summed E-state index contributed by atoms with van der Waals surface area (Å²) < 4.78 is 0. The highest BCUT2D eigenvalue weighted by atomic mass is 16.3. The molecule has 17 heavy (non-hydrogen) atoms. The maximum Gasteiger partial charge on any atom is 0.244 e. The first-order chi connectivity index (χ1) is 8.06. The van der Waals surface area contributed by atoms with Crippen LogP contribution in [0.25, 0.3) is 0 Å². The average Bonchev–Trinajstić information content (AvgIpc) is 2.34. The molecule has 2 rings (SSSR count). The first-order valence-electron chi connectivity index (χ1n) is 5.87.